The Morgan fingerprint density at radius 1 is 1.12 bits per heavy atom. The van der Waals surface area contributed by atoms with Crippen LogP contribution >= 0.6 is 0 Å². The number of fused-ring (bicyclic) bond motifs is 1. The number of carbonyl (C=O) groups is 1. The lowest BCUT2D eigenvalue weighted by Crippen LogP contribution is -2.51. The van der Waals surface area contributed by atoms with Crippen molar-refractivity contribution < 1.29 is 9.21 Å². The van der Waals surface area contributed by atoms with Gasteiger partial charge < -0.3 is 19.6 Å². The molecule has 0 atom stereocenters. The van der Waals surface area contributed by atoms with Crippen LogP contribution in [0.4, 0.5) is 4.79 Å². The lowest BCUT2D eigenvalue weighted by molar-refractivity contribution is 0.139. The molecular formula is C20H24N4O2. The van der Waals surface area contributed by atoms with E-state index in [0.29, 0.717) is 6.54 Å². The average molecular weight is 352 g/mol. The minimum atomic E-state index is -0.0160. The van der Waals surface area contributed by atoms with Gasteiger partial charge in [-0.25, -0.2) is 4.79 Å². The van der Waals surface area contributed by atoms with Crippen molar-refractivity contribution in [3.63, 3.8) is 0 Å². The molecule has 1 aromatic carbocycles. The van der Waals surface area contributed by atoms with Crippen LogP contribution in [0.15, 0.2) is 53.3 Å². The zero-order valence-electron chi connectivity index (χ0n) is 14.8. The molecule has 2 aromatic heterocycles. The van der Waals surface area contributed by atoms with Crippen molar-refractivity contribution in [2.24, 2.45) is 0 Å². The van der Waals surface area contributed by atoms with Gasteiger partial charge in [-0.1, -0.05) is 18.2 Å². The normalized spacial score (nSPS) is 15.5. The molecular weight excluding hydrogens is 328 g/mol. The van der Waals surface area contributed by atoms with E-state index in [2.05, 4.69) is 45.7 Å². The van der Waals surface area contributed by atoms with Gasteiger partial charge in [0.15, 0.2) is 0 Å². The maximum atomic E-state index is 12.2. The predicted molar refractivity (Wildman–Crippen MR) is 101 cm³/mol. The van der Waals surface area contributed by atoms with E-state index in [9.17, 15) is 4.79 Å². The van der Waals surface area contributed by atoms with Gasteiger partial charge in [0.05, 0.1) is 12.8 Å². The van der Waals surface area contributed by atoms with Crippen molar-refractivity contribution in [2.75, 3.05) is 32.7 Å². The van der Waals surface area contributed by atoms with Crippen LogP contribution in [0.1, 0.15) is 11.3 Å². The van der Waals surface area contributed by atoms with Gasteiger partial charge in [-0.15, -0.1) is 0 Å². The lowest BCUT2D eigenvalue weighted by Gasteiger charge is -2.34. The SMILES string of the molecule is O=C(NCc1ccco1)N1CCN(CCc2c[nH]c3ccccc23)CC1. The molecule has 0 unspecified atom stereocenters. The van der Waals surface area contributed by atoms with Gasteiger partial charge >= 0.3 is 6.03 Å². The quantitative estimate of drug-likeness (QED) is 0.742. The minimum absolute atomic E-state index is 0.0160. The number of furan rings is 1. The predicted octanol–water partition coefficient (Wildman–Crippen LogP) is 2.83. The molecule has 0 spiro atoms. The van der Waals surface area contributed by atoms with Gasteiger partial charge in [0.1, 0.15) is 5.76 Å². The van der Waals surface area contributed by atoms with Crippen LogP contribution in [0, 0.1) is 0 Å². The summed E-state index contributed by atoms with van der Waals surface area (Å²) >= 11 is 0. The smallest absolute Gasteiger partial charge is 0.317 e. The highest BCUT2D eigenvalue weighted by atomic mass is 16.3. The fourth-order valence-corrected chi connectivity index (χ4v) is 3.48. The highest BCUT2D eigenvalue weighted by molar-refractivity contribution is 5.83. The molecule has 1 saturated heterocycles. The zero-order chi connectivity index (χ0) is 17.8. The van der Waals surface area contributed by atoms with Crippen molar-refractivity contribution in [3.05, 3.63) is 60.2 Å². The van der Waals surface area contributed by atoms with E-state index >= 15 is 0 Å². The first kappa shape index (κ1) is 16.7. The van der Waals surface area contributed by atoms with Crippen LogP contribution in [0.5, 0.6) is 0 Å². The molecule has 0 bridgehead atoms. The molecule has 6 heteroatoms. The molecule has 1 fully saturated rings. The van der Waals surface area contributed by atoms with Crippen molar-refractivity contribution in [3.8, 4) is 0 Å². The standard InChI is InChI=1S/C20H24N4O2/c25-20(22-15-17-4-3-13-26-17)24-11-9-23(10-12-24)8-7-16-14-21-19-6-2-1-5-18(16)19/h1-6,13-14,21H,7-12,15H2,(H,22,25). The Morgan fingerprint density at radius 3 is 2.77 bits per heavy atom. The van der Waals surface area contributed by atoms with Gasteiger partial charge in [0.2, 0.25) is 0 Å². The summed E-state index contributed by atoms with van der Waals surface area (Å²) in [5.41, 5.74) is 2.56. The summed E-state index contributed by atoms with van der Waals surface area (Å²) in [6, 6.07) is 12.1. The maximum absolute atomic E-state index is 12.2. The van der Waals surface area contributed by atoms with E-state index in [-0.39, 0.29) is 6.03 Å². The second-order valence-electron chi connectivity index (χ2n) is 6.68. The molecule has 1 aliphatic heterocycles. The Kier molecular flexibility index (Phi) is 4.93. The second kappa shape index (κ2) is 7.66. The van der Waals surface area contributed by atoms with Crippen molar-refractivity contribution in [2.45, 2.75) is 13.0 Å². The number of hydrogen-bond donors (Lipinski definition) is 2. The molecule has 0 saturated carbocycles. The molecule has 2 amide bonds. The van der Waals surface area contributed by atoms with Gasteiger partial charge in [-0.05, 0) is 30.2 Å². The summed E-state index contributed by atoms with van der Waals surface area (Å²) in [5.74, 6) is 0.774. The second-order valence-corrected chi connectivity index (χ2v) is 6.68. The van der Waals surface area contributed by atoms with E-state index in [1.165, 1.54) is 16.5 Å². The summed E-state index contributed by atoms with van der Waals surface area (Å²) < 4.78 is 5.24. The lowest BCUT2D eigenvalue weighted by atomic mass is 10.1. The number of aromatic amines is 1. The number of para-hydroxylation sites is 1. The molecule has 0 aliphatic carbocycles. The number of carbonyl (C=O) groups excluding carboxylic acids is 1. The molecule has 136 valence electrons. The van der Waals surface area contributed by atoms with Crippen molar-refractivity contribution >= 4 is 16.9 Å². The monoisotopic (exact) mass is 352 g/mol. The third-order valence-corrected chi connectivity index (χ3v) is 5.03. The highest BCUT2D eigenvalue weighted by Gasteiger charge is 2.21. The molecule has 3 heterocycles. The van der Waals surface area contributed by atoms with Gasteiger partial charge in [-0.2, -0.15) is 0 Å². The topological polar surface area (TPSA) is 64.5 Å². The van der Waals surface area contributed by atoms with Crippen LogP contribution in [-0.2, 0) is 13.0 Å². The fraction of sp³-hybridized carbons (Fsp3) is 0.350. The third-order valence-electron chi connectivity index (χ3n) is 5.03. The summed E-state index contributed by atoms with van der Waals surface area (Å²) in [6.45, 7) is 4.80. The zero-order valence-corrected chi connectivity index (χ0v) is 14.8. The number of nitrogens with one attached hydrogen (secondary N) is 2. The average Bonchev–Trinajstić information content (AvgIpc) is 3.35. The Labute approximate surface area is 152 Å². The number of H-pyrrole nitrogens is 1. The molecule has 2 N–H and O–H groups in total. The summed E-state index contributed by atoms with van der Waals surface area (Å²) in [7, 11) is 0. The number of rotatable bonds is 5. The van der Waals surface area contributed by atoms with Crippen LogP contribution in [0.2, 0.25) is 0 Å². The largest absolute Gasteiger partial charge is 0.467 e. The third kappa shape index (κ3) is 3.75. The summed E-state index contributed by atoms with van der Waals surface area (Å²) in [5, 5.41) is 4.22. The first-order valence-corrected chi connectivity index (χ1v) is 9.12. The molecule has 26 heavy (non-hydrogen) atoms. The van der Waals surface area contributed by atoms with E-state index in [1.54, 1.807) is 6.26 Å². The van der Waals surface area contributed by atoms with Gasteiger partial charge in [-0.3, -0.25) is 4.90 Å². The first-order valence-electron chi connectivity index (χ1n) is 9.12. The number of aromatic nitrogens is 1. The van der Waals surface area contributed by atoms with Crippen LogP contribution in [0.3, 0.4) is 0 Å². The maximum Gasteiger partial charge on any atom is 0.317 e. The van der Waals surface area contributed by atoms with Crippen molar-refractivity contribution in [1.82, 2.24) is 20.1 Å². The van der Waals surface area contributed by atoms with Crippen LogP contribution < -0.4 is 5.32 Å². The highest BCUT2D eigenvalue weighted by Crippen LogP contribution is 2.18. The molecule has 3 aromatic rings. The number of piperazine rings is 1. The van der Waals surface area contributed by atoms with E-state index in [0.717, 1.165) is 44.9 Å². The van der Waals surface area contributed by atoms with Crippen LogP contribution in [0.25, 0.3) is 10.9 Å². The Hall–Kier alpha value is -2.73. The number of nitrogens with zero attached hydrogens (tertiary/aromatic N) is 2. The number of amides is 2. The van der Waals surface area contributed by atoms with Crippen molar-refractivity contribution in [1.29, 1.82) is 0 Å². The van der Waals surface area contributed by atoms with E-state index in [4.69, 9.17) is 4.42 Å². The summed E-state index contributed by atoms with van der Waals surface area (Å²) in [6.07, 6.45) is 4.76. The van der Waals surface area contributed by atoms with Crippen LogP contribution in [-0.4, -0.2) is 53.5 Å². The van der Waals surface area contributed by atoms with E-state index in [1.807, 2.05) is 17.0 Å². The molecule has 1 aliphatic rings. The fourth-order valence-electron chi connectivity index (χ4n) is 3.48. The Morgan fingerprint density at radius 2 is 1.96 bits per heavy atom. The van der Waals surface area contributed by atoms with Gasteiger partial charge in [0, 0.05) is 49.8 Å². The van der Waals surface area contributed by atoms with Gasteiger partial charge in [0.25, 0.3) is 0 Å². The minimum Gasteiger partial charge on any atom is -0.467 e. The molecule has 6 nitrogen and oxygen atoms in total. The Balaban J connectivity index is 1.23. The first-order chi connectivity index (χ1) is 12.8. The van der Waals surface area contributed by atoms with E-state index < -0.39 is 0 Å². The molecule has 4 rings (SSSR count). The number of hydrogen-bond acceptors (Lipinski definition) is 3. The number of benzene rings is 1. The molecule has 0 radical (unpaired) electrons. The number of urea groups is 1. The Bertz CT molecular complexity index is 848. The summed E-state index contributed by atoms with van der Waals surface area (Å²) in [4.78, 5) is 19.9.